The second kappa shape index (κ2) is 17.0. The van der Waals surface area contributed by atoms with Crippen LogP contribution in [0.25, 0.3) is 0 Å². The molecule has 8 aromatic carbocycles. The minimum Gasteiger partial charge on any atom is -0.207 e. The van der Waals surface area contributed by atoms with Gasteiger partial charge in [0.1, 0.15) is 81.2 Å². The van der Waals surface area contributed by atoms with Gasteiger partial charge >= 0.3 is 0 Å². The summed E-state index contributed by atoms with van der Waals surface area (Å²) in [4.78, 5) is 0. The lowest BCUT2D eigenvalue weighted by molar-refractivity contribution is 0.585. The van der Waals surface area contributed by atoms with Crippen molar-refractivity contribution in [1.29, 1.82) is 0 Å². The molecule has 0 spiro atoms. The maximum Gasteiger partial charge on any atom is 0.144 e. The summed E-state index contributed by atoms with van der Waals surface area (Å²) in [6.07, 6.45) is -3.29. The van der Waals surface area contributed by atoms with Crippen molar-refractivity contribution >= 4 is 56.5 Å². The van der Waals surface area contributed by atoms with E-state index in [1.807, 2.05) is 0 Å². The van der Waals surface area contributed by atoms with Crippen molar-refractivity contribution in [3.8, 4) is 0 Å². The molecule has 0 aliphatic carbocycles. The first-order chi connectivity index (χ1) is 28.0. The Balaban J connectivity index is 0.000000183. The average molecular weight is 803 g/mol. The summed E-state index contributed by atoms with van der Waals surface area (Å²) in [6.45, 7) is 0. The quantitative estimate of drug-likeness (QED) is 0.0823. The van der Waals surface area contributed by atoms with Crippen LogP contribution in [0.1, 0.15) is 0 Å². The second-order valence-electron chi connectivity index (χ2n) is 13.7. The van der Waals surface area contributed by atoms with Gasteiger partial charge in [0.15, 0.2) is 0 Å². The van der Waals surface area contributed by atoms with Crippen LogP contribution in [0.5, 0.6) is 0 Å². The summed E-state index contributed by atoms with van der Waals surface area (Å²) >= 11 is 0. The molecule has 0 nitrogen and oxygen atoms in total. The molecule has 0 saturated carbocycles. The Morgan fingerprint density at radius 2 is 0.414 bits per heavy atom. The average Bonchev–Trinajstić information content (AvgIpc) is 3.19. The molecule has 0 unspecified atom stereocenters. The van der Waals surface area contributed by atoms with Crippen molar-refractivity contribution in [1.82, 2.24) is 0 Å². The molecule has 8 rings (SSSR count). The standard InChI is InChI=1S/C24H12BF8.C24H20P/c26-17-1-13(2-18(27)9-17)25(14-3-19(28)10-20(29)4-14,15-5-21(30)11-22(31)6-15)16-7-23(32)12-24(33)8-16;1-5-13-21(14-6-1)25(22-15-7-2-8-16-22,23-17-9-3-10-18-23)24-19-11-4-12-20-24/h1-12H;1-20H/q-1;+1. The van der Waals surface area contributed by atoms with Gasteiger partial charge in [0.25, 0.3) is 0 Å². The van der Waals surface area contributed by atoms with Crippen LogP contribution in [0.2, 0.25) is 0 Å². The van der Waals surface area contributed by atoms with E-state index in [0.29, 0.717) is 24.3 Å². The second-order valence-corrected chi connectivity index (χ2v) is 17.1. The molecule has 0 atom stereocenters. The summed E-state index contributed by atoms with van der Waals surface area (Å²) in [6, 6.07) is 52.1. The molecule has 0 aliphatic heterocycles. The van der Waals surface area contributed by atoms with Crippen LogP contribution in [0.3, 0.4) is 0 Å². The van der Waals surface area contributed by atoms with Gasteiger partial charge in [-0.2, -0.15) is 21.9 Å². The molecule has 0 heterocycles. The molecular formula is C48H32BF8P. The van der Waals surface area contributed by atoms with E-state index in [4.69, 9.17) is 0 Å². The SMILES string of the molecule is Fc1cc(F)cc([B-](c2cc(F)cc(F)c2)(c2cc(F)cc(F)c2)c2cc(F)cc(F)c2)c1.c1ccc([P+](c2ccccc2)(c2ccccc2)c2ccccc2)cc1. The highest BCUT2D eigenvalue weighted by molar-refractivity contribution is 8.01. The third-order valence-electron chi connectivity index (χ3n) is 10.1. The largest absolute Gasteiger partial charge is 0.207 e. The third kappa shape index (κ3) is 7.96. The minimum absolute atomic E-state index is 0.354. The van der Waals surface area contributed by atoms with Crippen molar-refractivity contribution in [2.75, 3.05) is 0 Å². The molecule has 0 fully saturated rings. The van der Waals surface area contributed by atoms with Gasteiger partial charge in [-0.15, -0.1) is 0 Å². The molecule has 0 N–H and O–H groups in total. The van der Waals surface area contributed by atoms with E-state index < -0.39 is 59.9 Å². The Kier molecular flexibility index (Phi) is 11.7. The lowest BCUT2D eigenvalue weighted by Gasteiger charge is -2.44. The summed E-state index contributed by atoms with van der Waals surface area (Å²) in [7, 11) is -1.91. The van der Waals surface area contributed by atoms with E-state index in [1.54, 1.807) is 0 Å². The van der Waals surface area contributed by atoms with Crippen LogP contribution in [0, 0.1) is 46.5 Å². The van der Waals surface area contributed by atoms with Crippen LogP contribution in [0.15, 0.2) is 194 Å². The van der Waals surface area contributed by atoms with Crippen molar-refractivity contribution in [3.05, 3.63) is 241 Å². The van der Waals surface area contributed by atoms with Gasteiger partial charge < -0.3 is 0 Å². The maximum atomic E-state index is 14.3. The minimum atomic E-state index is -3.29. The lowest BCUT2D eigenvalue weighted by Crippen LogP contribution is -2.75. The molecule has 0 aromatic heterocycles. The highest BCUT2D eigenvalue weighted by Crippen LogP contribution is 2.54. The summed E-state index contributed by atoms with van der Waals surface area (Å²) < 4.78 is 114. The van der Waals surface area contributed by atoms with Gasteiger partial charge in [-0.05, 0) is 48.5 Å². The monoisotopic (exact) mass is 802 g/mol. The molecule has 8 aromatic rings. The fraction of sp³-hybridized carbons (Fsp3) is 0. The first kappa shape index (κ1) is 39.9. The normalized spacial score (nSPS) is 11.4. The lowest BCUT2D eigenvalue weighted by atomic mass is 9.13. The van der Waals surface area contributed by atoms with Crippen molar-refractivity contribution in [2.45, 2.75) is 0 Å². The molecule has 0 aliphatic rings. The highest BCUT2D eigenvalue weighted by atomic mass is 31.2. The smallest absolute Gasteiger partial charge is 0.144 e. The van der Waals surface area contributed by atoms with Crippen LogP contribution < -0.4 is 43.1 Å². The van der Waals surface area contributed by atoms with Gasteiger partial charge in [-0.25, -0.2) is 35.1 Å². The first-order valence-electron chi connectivity index (χ1n) is 18.1. The third-order valence-corrected chi connectivity index (χ3v) is 14.4. The van der Waals surface area contributed by atoms with Gasteiger partial charge in [-0.1, -0.05) is 121 Å². The zero-order valence-corrected chi connectivity index (χ0v) is 31.4. The predicted molar refractivity (Wildman–Crippen MR) is 221 cm³/mol. The Morgan fingerprint density at radius 1 is 0.241 bits per heavy atom. The van der Waals surface area contributed by atoms with E-state index in [-0.39, 0.29) is 21.9 Å². The molecule has 0 radical (unpaired) electrons. The van der Waals surface area contributed by atoms with Crippen LogP contribution in [0.4, 0.5) is 35.1 Å². The number of hydrogen-bond donors (Lipinski definition) is 0. The summed E-state index contributed by atoms with van der Waals surface area (Å²) in [5, 5.41) is 5.55. The molecule has 0 amide bonds. The van der Waals surface area contributed by atoms with Crippen LogP contribution in [-0.4, -0.2) is 6.15 Å². The summed E-state index contributed by atoms with van der Waals surface area (Å²) in [5.74, 6) is -8.99. The van der Waals surface area contributed by atoms with Gasteiger partial charge in [-0.3, -0.25) is 0 Å². The molecule has 288 valence electrons. The number of benzene rings is 8. The van der Waals surface area contributed by atoms with Crippen LogP contribution in [-0.2, 0) is 0 Å². The zero-order valence-electron chi connectivity index (χ0n) is 30.5. The van der Waals surface area contributed by atoms with E-state index >= 15 is 0 Å². The molecule has 10 heteroatoms. The van der Waals surface area contributed by atoms with Crippen molar-refractivity contribution in [3.63, 3.8) is 0 Å². The van der Waals surface area contributed by atoms with E-state index in [0.717, 1.165) is 48.5 Å². The maximum absolute atomic E-state index is 14.3. The van der Waals surface area contributed by atoms with E-state index in [2.05, 4.69) is 121 Å². The molecule has 0 bridgehead atoms. The fourth-order valence-electron chi connectivity index (χ4n) is 7.96. The number of halogens is 8. The highest BCUT2D eigenvalue weighted by Gasteiger charge is 2.47. The Bertz CT molecular complexity index is 2210. The van der Waals surface area contributed by atoms with Gasteiger partial charge in [0, 0.05) is 24.3 Å². The molecular weight excluding hydrogens is 770 g/mol. The number of hydrogen-bond acceptors (Lipinski definition) is 0. The van der Waals surface area contributed by atoms with Crippen LogP contribution >= 0.6 is 7.26 Å². The Labute approximate surface area is 331 Å². The van der Waals surface area contributed by atoms with Gasteiger partial charge in [0.05, 0.1) is 0 Å². The first-order valence-corrected chi connectivity index (χ1v) is 19.9. The van der Waals surface area contributed by atoms with E-state index in [9.17, 15) is 35.1 Å². The Hall–Kier alpha value is -6.31. The summed E-state index contributed by atoms with van der Waals surface area (Å²) in [5.41, 5.74) is -1.42. The van der Waals surface area contributed by atoms with Gasteiger partial charge in [0.2, 0.25) is 0 Å². The molecule has 58 heavy (non-hydrogen) atoms. The van der Waals surface area contributed by atoms with Crippen molar-refractivity contribution in [2.24, 2.45) is 0 Å². The zero-order chi connectivity index (χ0) is 40.9. The Morgan fingerprint density at radius 3 is 0.586 bits per heavy atom. The molecule has 0 saturated heterocycles. The topological polar surface area (TPSA) is 0 Å². The number of rotatable bonds is 8. The van der Waals surface area contributed by atoms with E-state index in [1.165, 1.54) is 21.2 Å². The van der Waals surface area contributed by atoms with Crippen molar-refractivity contribution < 1.29 is 35.1 Å². The predicted octanol–water partition coefficient (Wildman–Crippen LogP) is 8.48. The fourth-order valence-corrected chi connectivity index (χ4v) is 12.2.